The summed E-state index contributed by atoms with van der Waals surface area (Å²) >= 11 is 19.0. The first kappa shape index (κ1) is 23.1. The molecule has 0 fully saturated rings. The number of methoxy groups -OCH3 is 1. The smallest absolute Gasteiger partial charge is 0.344 e. The van der Waals surface area contributed by atoms with E-state index in [9.17, 15) is 4.79 Å². The summed E-state index contributed by atoms with van der Waals surface area (Å²) in [6, 6.07) is 14.2. The number of ether oxygens (including phenoxy) is 1. The molecule has 0 radical (unpaired) electrons. The van der Waals surface area contributed by atoms with Gasteiger partial charge in [-0.05, 0) is 24.3 Å². The van der Waals surface area contributed by atoms with Crippen molar-refractivity contribution >= 4 is 63.9 Å². The van der Waals surface area contributed by atoms with Crippen molar-refractivity contribution in [2.45, 2.75) is 0 Å². The molecular weight excluding hydrogens is 513 g/mol. The van der Waals surface area contributed by atoms with Crippen LogP contribution in [0.2, 0.25) is 15.2 Å². The number of aromatic nitrogens is 3. The highest BCUT2D eigenvalue weighted by molar-refractivity contribution is 6.37. The maximum Gasteiger partial charge on any atom is 0.344 e. The zero-order chi connectivity index (χ0) is 24.5. The van der Waals surface area contributed by atoms with Gasteiger partial charge < -0.3 is 13.8 Å². The van der Waals surface area contributed by atoms with E-state index in [0.717, 1.165) is 0 Å². The molecule has 0 saturated carbocycles. The Morgan fingerprint density at radius 1 is 0.886 bits per heavy atom. The molecule has 5 aromatic rings. The third kappa shape index (κ3) is 4.18. The van der Waals surface area contributed by atoms with Crippen LogP contribution in [-0.4, -0.2) is 28.4 Å². The van der Waals surface area contributed by atoms with Crippen molar-refractivity contribution in [1.82, 2.24) is 15.3 Å². The van der Waals surface area contributed by atoms with Crippen molar-refractivity contribution in [3.05, 3.63) is 86.8 Å². The van der Waals surface area contributed by atoms with Gasteiger partial charge in [-0.3, -0.25) is 0 Å². The van der Waals surface area contributed by atoms with Crippen LogP contribution in [0.3, 0.4) is 0 Å². The third-order valence-corrected chi connectivity index (χ3v) is 6.20. The van der Waals surface area contributed by atoms with E-state index >= 15 is 0 Å². The van der Waals surface area contributed by atoms with Crippen molar-refractivity contribution in [1.29, 1.82) is 0 Å². The summed E-state index contributed by atoms with van der Waals surface area (Å²) in [5, 5.41) is 9.86. The second kappa shape index (κ2) is 9.54. The third-order valence-electron chi connectivity index (χ3n) is 5.26. The molecule has 0 bridgehead atoms. The quantitative estimate of drug-likeness (QED) is 0.173. The van der Waals surface area contributed by atoms with Gasteiger partial charge in [0.25, 0.3) is 0 Å². The summed E-state index contributed by atoms with van der Waals surface area (Å²) in [7, 11) is 1.27. The second-order valence-electron chi connectivity index (χ2n) is 7.29. The number of pyridine rings is 1. The van der Waals surface area contributed by atoms with E-state index < -0.39 is 5.97 Å². The summed E-state index contributed by atoms with van der Waals surface area (Å²) in [6.07, 6.45) is 4.73. The molecule has 0 aliphatic heterocycles. The number of fused-ring (bicyclic) bond motifs is 1. The highest BCUT2D eigenvalue weighted by Gasteiger charge is 2.25. The molecule has 3 aromatic heterocycles. The molecule has 0 saturated heterocycles. The van der Waals surface area contributed by atoms with Crippen LogP contribution in [0.25, 0.3) is 45.6 Å². The largest absolute Gasteiger partial charge is 0.465 e. The Balaban J connectivity index is 1.61. The summed E-state index contributed by atoms with van der Waals surface area (Å²) in [5.41, 5.74) is 2.99. The number of esters is 1. The van der Waals surface area contributed by atoms with E-state index in [1.54, 1.807) is 42.5 Å². The molecule has 7 nitrogen and oxygen atoms in total. The molecular formula is C25H14Cl3N3O4. The van der Waals surface area contributed by atoms with Crippen LogP contribution in [0.1, 0.15) is 21.7 Å². The number of benzene rings is 2. The summed E-state index contributed by atoms with van der Waals surface area (Å²) in [5.74, 6) is -0.457. The lowest BCUT2D eigenvalue weighted by atomic mass is 10.0. The van der Waals surface area contributed by atoms with Crippen molar-refractivity contribution in [2.24, 2.45) is 0 Å². The number of rotatable bonds is 5. The van der Waals surface area contributed by atoms with E-state index in [-0.39, 0.29) is 22.2 Å². The van der Waals surface area contributed by atoms with Gasteiger partial charge >= 0.3 is 5.97 Å². The van der Waals surface area contributed by atoms with Gasteiger partial charge in [0.1, 0.15) is 22.1 Å². The minimum atomic E-state index is -0.624. The van der Waals surface area contributed by atoms with Gasteiger partial charge in [0.15, 0.2) is 11.3 Å². The van der Waals surface area contributed by atoms with E-state index in [1.807, 2.05) is 18.2 Å². The fraction of sp³-hybridized carbons (Fsp3) is 0.0400. The van der Waals surface area contributed by atoms with Crippen LogP contribution in [0.4, 0.5) is 0 Å². The van der Waals surface area contributed by atoms with Crippen LogP contribution >= 0.6 is 34.8 Å². The van der Waals surface area contributed by atoms with Crippen LogP contribution in [0, 0.1) is 0 Å². The van der Waals surface area contributed by atoms with Crippen molar-refractivity contribution in [2.75, 3.05) is 7.11 Å². The Hall–Kier alpha value is -3.65. The number of carbonyl (C=O) groups excluding carboxylic acids is 1. The van der Waals surface area contributed by atoms with Gasteiger partial charge in [-0.2, -0.15) is 0 Å². The topological polar surface area (TPSA) is 91.2 Å². The zero-order valence-electron chi connectivity index (χ0n) is 18.0. The molecule has 0 atom stereocenters. The maximum atomic E-state index is 12.6. The molecule has 0 N–H and O–H groups in total. The van der Waals surface area contributed by atoms with Crippen LogP contribution in [0.15, 0.2) is 63.8 Å². The Kier molecular flexibility index (Phi) is 6.30. The van der Waals surface area contributed by atoms with Crippen molar-refractivity contribution in [3.8, 4) is 22.5 Å². The lowest BCUT2D eigenvalue weighted by Crippen LogP contribution is -2.03. The van der Waals surface area contributed by atoms with Crippen molar-refractivity contribution in [3.63, 3.8) is 0 Å². The monoisotopic (exact) mass is 525 g/mol. The van der Waals surface area contributed by atoms with Gasteiger partial charge in [-0.15, -0.1) is 0 Å². The normalized spacial score (nSPS) is 11.4. The predicted molar refractivity (Wildman–Crippen MR) is 134 cm³/mol. The van der Waals surface area contributed by atoms with Gasteiger partial charge in [-0.1, -0.05) is 81.5 Å². The molecule has 0 aliphatic carbocycles. The zero-order valence-corrected chi connectivity index (χ0v) is 20.2. The van der Waals surface area contributed by atoms with Crippen LogP contribution in [-0.2, 0) is 4.74 Å². The molecule has 0 amide bonds. The highest BCUT2D eigenvalue weighted by Crippen LogP contribution is 2.38. The molecule has 0 unspecified atom stereocenters. The fourth-order valence-electron chi connectivity index (χ4n) is 3.60. The van der Waals surface area contributed by atoms with E-state index in [0.29, 0.717) is 43.4 Å². The first-order valence-corrected chi connectivity index (χ1v) is 11.3. The van der Waals surface area contributed by atoms with E-state index in [4.69, 9.17) is 48.6 Å². The van der Waals surface area contributed by atoms with E-state index in [2.05, 4.69) is 15.3 Å². The van der Waals surface area contributed by atoms with Crippen molar-refractivity contribution < 1.29 is 18.6 Å². The van der Waals surface area contributed by atoms with Gasteiger partial charge in [0.2, 0.25) is 0 Å². The Bertz CT molecular complexity index is 1610. The van der Waals surface area contributed by atoms with Gasteiger partial charge in [0, 0.05) is 22.9 Å². The molecule has 10 heteroatoms. The number of halogens is 3. The molecule has 2 aromatic carbocycles. The predicted octanol–water partition coefficient (Wildman–Crippen LogP) is 7.46. The highest BCUT2D eigenvalue weighted by atomic mass is 35.5. The van der Waals surface area contributed by atoms with Crippen LogP contribution < -0.4 is 0 Å². The molecule has 5 rings (SSSR count). The number of carbonyl (C=O) groups is 1. The van der Waals surface area contributed by atoms with E-state index in [1.165, 1.54) is 13.3 Å². The lowest BCUT2D eigenvalue weighted by molar-refractivity contribution is 0.0600. The lowest BCUT2D eigenvalue weighted by Gasteiger charge is -2.03. The summed E-state index contributed by atoms with van der Waals surface area (Å²) in [4.78, 5) is 16.9. The average molecular weight is 527 g/mol. The fourth-order valence-corrected chi connectivity index (χ4v) is 4.28. The number of hydrogen-bond donors (Lipinski definition) is 0. The molecule has 174 valence electrons. The number of hydrogen-bond acceptors (Lipinski definition) is 7. The maximum absolute atomic E-state index is 12.6. The Morgan fingerprint density at radius 2 is 1.51 bits per heavy atom. The SMILES string of the molecule is COC(=O)c1c(-c2ccccc2Cl)noc1C=Cc1cnc(Cl)c2c(-c3ccccc3Cl)noc12. The Labute approximate surface area is 213 Å². The minimum Gasteiger partial charge on any atom is -0.465 e. The first-order valence-electron chi connectivity index (χ1n) is 10.2. The second-order valence-corrected chi connectivity index (χ2v) is 8.47. The minimum absolute atomic E-state index is 0.129. The first-order chi connectivity index (χ1) is 17.0. The van der Waals surface area contributed by atoms with Crippen LogP contribution in [0.5, 0.6) is 0 Å². The summed E-state index contributed by atoms with van der Waals surface area (Å²) < 4.78 is 16.0. The Morgan fingerprint density at radius 3 is 2.17 bits per heavy atom. The van der Waals surface area contributed by atoms with Gasteiger partial charge in [-0.25, -0.2) is 9.78 Å². The number of nitrogens with zero attached hydrogens (tertiary/aromatic N) is 3. The molecule has 0 aliphatic rings. The molecule has 35 heavy (non-hydrogen) atoms. The van der Waals surface area contributed by atoms with Gasteiger partial charge in [0.05, 0.1) is 22.5 Å². The average Bonchev–Trinajstić information content (AvgIpc) is 3.49. The molecule has 3 heterocycles. The standard InChI is InChI=1S/C25H14Cl3N3O4/c1-33-25(32)19-18(34-30-21(19)14-6-2-4-8-16(14)26)11-10-13-12-29-24(28)20-22(31-35-23(13)20)15-7-3-5-9-17(15)27/h2-12H,1H3. The molecule has 0 spiro atoms. The summed E-state index contributed by atoms with van der Waals surface area (Å²) in [6.45, 7) is 0.